The van der Waals surface area contributed by atoms with E-state index in [1.54, 1.807) is 0 Å². The molecular formula is CH2IN5O2. The van der Waals surface area contributed by atoms with Gasteiger partial charge in [-0.1, -0.05) is 5.10 Å². The Kier molecular flexibility index (Phi) is 2.98. The van der Waals surface area contributed by atoms with Gasteiger partial charge in [0, 0.05) is 0 Å². The van der Waals surface area contributed by atoms with Crippen LogP contribution in [0.4, 0.5) is 0 Å². The molecule has 0 amide bonds. The zero-order valence-corrected chi connectivity index (χ0v) is 6.22. The lowest BCUT2D eigenvalue weighted by molar-refractivity contribution is -0.593. The second-order valence-corrected chi connectivity index (χ2v) is 0.980. The average Bonchev–Trinajstić information content (AvgIpc) is 2.12. The van der Waals surface area contributed by atoms with Crippen LogP contribution in [0.1, 0.15) is 0 Å². The van der Waals surface area contributed by atoms with Crippen molar-refractivity contribution in [3.63, 3.8) is 0 Å². The molecule has 0 saturated carbocycles. The number of aromatic nitrogens is 4. The van der Waals surface area contributed by atoms with E-state index in [1.165, 1.54) is 0 Å². The molecule has 0 spiro atoms. The maximum Gasteiger partial charge on any atom is 0.302 e. The van der Waals surface area contributed by atoms with E-state index in [1.807, 2.05) is 0 Å². The minimum Gasteiger partial charge on any atom is -1.00 e. The fourth-order valence-corrected chi connectivity index (χ4v) is 0.259. The minimum atomic E-state index is -0.753. The molecule has 0 atom stereocenters. The Morgan fingerprint density at radius 2 is 2.44 bits per heavy atom. The zero-order valence-electron chi connectivity index (χ0n) is 4.06. The Labute approximate surface area is 66.2 Å². The molecule has 0 bridgehead atoms. The second kappa shape index (κ2) is 3.27. The molecule has 1 heterocycles. The average molecular weight is 243 g/mol. The molecule has 1 N–H and O–H groups in total. The van der Waals surface area contributed by atoms with Crippen LogP contribution in [0, 0.1) is 10.1 Å². The molecule has 8 heteroatoms. The first-order chi connectivity index (χ1) is 3.80. The summed E-state index contributed by atoms with van der Waals surface area (Å²) in [4.78, 5) is 10.0. The van der Waals surface area contributed by atoms with E-state index < -0.39 is 5.03 Å². The number of H-pyrrole nitrogens is 1. The zero-order chi connectivity index (χ0) is 5.98. The Balaban J connectivity index is 0.000000640. The Morgan fingerprint density at radius 1 is 1.78 bits per heavy atom. The lowest BCUT2D eigenvalue weighted by Gasteiger charge is -1.77. The van der Waals surface area contributed by atoms with Crippen molar-refractivity contribution in [3.8, 4) is 0 Å². The Bertz CT molecular complexity index is 183. The maximum absolute atomic E-state index is 9.69. The summed E-state index contributed by atoms with van der Waals surface area (Å²) in [6.07, 6.45) is 1.11. The highest BCUT2D eigenvalue weighted by molar-refractivity contribution is 4.13. The van der Waals surface area contributed by atoms with Gasteiger partial charge in [-0.3, -0.25) is 0 Å². The molecule has 1 rings (SSSR count). The molecule has 0 aromatic carbocycles. The van der Waals surface area contributed by atoms with Gasteiger partial charge < -0.3 is 34.1 Å². The van der Waals surface area contributed by atoms with Gasteiger partial charge in [0.25, 0.3) is 0 Å². The number of halogens is 1. The van der Waals surface area contributed by atoms with Gasteiger partial charge in [0.15, 0.2) is 0 Å². The van der Waals surface area contributed by atoms with Crippen LogP contribution in [0.3, 0.4) is 0 Å². The third-order valence-corrected chi connectivity index (χ3v) is 0.512. The molecule has 0 fully saturated rings. The van der Waals surface area contributed by atoms with Gasteiger partial charge in [0.1, 0.15) is 5.10 Å². The van der Waals surface area contributed by atoms with E-state index in [9.17, 15) is 10.1 Å². The van der Waals surface area contributed by atoms with E-state index >= 15 is 0 Å². The van der Waals surface area contributed by atoms with Gasteiger partial charge in [0.2, 0.25) is 10.1 Å². The van der Waals surface area contributed by atoms with Gasteiger partial charge in [-0.15, -0.1) is 0 Å². The number of tetrazole rings is 1. The van der Waals surface area contributed by atoms with E-state index in [0.717, 1.165) is 6.33 Å². The monoisotopic (exact) mass is 243 g/mol. The highest BCUT2D eigenvalue weighted by atomic mass is 127. The first-order valence-electron chi connectivity index (χ1n) is 1.74. The normalized spacial score (nSPS) is 8.00. The highest BCUT2D eigenvalue weighted by Gasteiger charge is 2.05. The van der Waals surface area contributed by atoms with Gasteiger partial charge in [0.05, 0.1) is 5.03 Å². The molecule has 0 aliphatic rings. The molecule has 7 nitrogen and oxygen atoms in total. The number of rotatable bonds is 1. The van der Waals surface area contributed by atoms with Crippen LogP contribution in [0.2, 0.25) is 0 Å². The summed E-state index contributed by atoms with van der Waals surface area (Å²) >= 11 is 0. The number of nitro groups is 1. The molecule has 0 aliphatic carbocycles. The van der Waals surface area contributed by atoms with Crippen LogP contribution in [-0.4, -0.2) is 20.2 Å². The summed E-state index contributed by atoms with van der Waals surface area (Å²) in [6.45, 7) is 0. The lowest BCUT2D eigenvalue weighted by Crippen LogP contribution is -3.00. The summed E-state index contributed by atoms with van der Waals surface area (Å²) in [6, 6.07) is 0. The van der Waals surface area contributed by atoms with Crippen molar-refractivity contribution >= 4 is 0 Å². The summed E-state index contributed by atoms with van der Waals surface area (Å²) in [5.41, 5.74) is 0. The van der Waals surface area contributed by atoms with E-state index in [-0.39, 0.29) is 24.0 Å². The summed E-state index contributed by atoms with van der Waals surface area (Å²) in [5.74, 6) is 0. The maximum atomic E-state index is 9.69. The van der Waals surface area contributed by atoms with Crippen LogP contribution in [0.25, 0.3) is 0 Å². The van der Waals surface area contributed by atoms with Crippen molar-refractivity contribution in [2.24, 2.45) is 0 Å². The van der Waals surface area contributed by atoms with E-state index in [4.69, 9.17) is 0 Å². The topological polar surface area (TPSA) is 88.0 Å². The predicted octanol–water partition coefficient (Wildman–Crippen LogP) is -4.86. The first-order valence-corrected chi connectivity index (χ1v) is 1.74. The molecule has 50 valence electrons. The molecule has 9 heavy (non-hydrogen) atoms. The van der Waals surface area contributed by atoms with Crippen LogP contribution >= 0.6 is 0 Å². The van der Waals surface area contributed by atoms with Crippen molar-refractivity contribution < 1.29 is 34.1 Å². The number of nitrogens with zero attached hydrogens (tertiary/aromatic N) is 4. The van der Waals surface area contributed by atoms with Crippen molar-refractivity contribution in [1.82, 2.24) is 15.2 Å². The van der Waals surface area contributed by atoms with Crippen molar-refractivity contribution in [1.29, 1.82) is 0 Å². The van der Waals surface area contributed by atoms with Crippen molar-refractivity contribution in [2.75, 3.05) is 0 Å². The number of nitrogens with one attached hydrogen (secondary N) is 1. The summed E-state index contributed by atoms with van der Waals surface area (Å²) in [5, 5.41) is 17.4. The fraction of sp³-hybridized carbons (Fsp3) is 0. The van der Waals surface area contributed by atoms with Crippen LogP contribution in [0.15, 0.2) is 6.33 Å². The third-order valence-electron chi connectivity index (χ3n) is 0.512. The quantitative estimate of drug-likeness (QED) is 0.281. The number of aromatic amines is 1. The molecule has 1 aromatic heterocycles. The van der Waals surface area contributed by atoms with Gasteiger partial charge in [-0.05, 0) is 0 Å². The van der Waals surface area contributed by atoms with Crippen molar-refractivity contribution in [3.05, 3.63) is 16.4 Å². The SMILES string of the molecule is O=[N+]([O-])n1nc[nH+]n1.[I-]. The first kappa shape index (κ1) is 8.20. The van der Waals surface area contributed by atoms with Crippen LogP contribution in [0.5, 0.6) is 0 Å². The molecule has 0 aliphatic heterocycles. The molecule has 0 saturated heterocycles. The number of hydrogen-bond donors (Lipinski definition) is 0. The van der Waals surface area contributed by atoms with Gasteiger partial charge >= 0.3 is 6.33 Å². The molecule has 0 unspecified atom stereocenters. The van der Waals surface area contributed by atoms with Crippen LogP contribution in [-0.2, 0) is 0 Å². The van der Waals surface area contributed by atoms with Crippen molar-refractivity contribution in [2.45, 2.75) is 0 Å². The van der Waals surface area contributed by atoms with E-state index in [0.29, 0.717) is 4.91 Å². The second-order valence-electron chi connectivity index (χ2n) is 0.980. The highest BCUT2D eigenvalue weighted by Crippen LogP contribution is 1.63. The Hall–Kier alpha value is -0.800. The Morgan fingerprint density at radius 3 is 2.67 bits per heavy atom. The minimum absolute atomic E-state index is 0. The molecular weight excluding hydrogens is 241 g/mol. The van der Waals surface area contributed by atoms with Gasteiger partial charge in [-0.2, -0.15) is 0 Å². The molecule has 1 aromatic rings. The molecule has 0 radical (unpaired) electrons. The van der Waals surface area contributed by atoms with Gasteiger partial charge in [-0.25, -0.2) is 0 Å². The smallest absolute Gasteiger partial charge is 0.302 e. The largest absolute Gasteiger partial charge is 1.00 e. The number of hydrogen-bond acceptors (Lipinski definition) is 4. The summed E-state index contributed by atoms with van der Waals surface area (Å²) in [7, 11) is 0. The van der Waals surface area contributed by atoms with E-state index in [2.05, 4.69) is 15.4 Å². The van der Waals surface area contributed by atoms with Crippen LogP contribution < -0.4 is 29.1 Å². The third kappa shape index (κ3) is 1.87. The predicted molar refractivity (Wildman–Crippen MR) is 19.0 cm³/mol. The summed E-state index contributed by atoms with van der Waals surface area (Å²) < 4.78 is 0. The fourth-order valence-electron chi connectivity index (χ4n) is 0.259. The standard InChI is InChI=1S/CHN5O2.HI/c7-6(8)5-3-1-2-4-5;/h1H;1H. The lowest BCUT2D eigenvalue weighted by atomic mass is 11.4.